The molecule has 0 aromatic heterocycles. The number of nitrogens with zero attached hydrogens (tertiary/aromatic N) is 1. The highest BCUT2D eigenvalue weighted by atomic mass is 32.2. The first-order valence-electron chi connectivity index (χ1n) is 5.82. The van der Waals surface area contributed by atoms with Crippen molar-refractivity contribution in [3.05, 3.63) is 0 Å². The van der Waals surface area contributed by atoms with E-state index in [-0.39, 0.29) is 5.25 Å². The summed E-state index contributed by atoms with van der Waals surface area (Å²) < 4.78 is 27.6. The molecule has 1 heterocycles. The van der Waals surface area contributed by atoms with Gasteiger partial charge in [0, 0.05) is 13.1 Å². The predicted molar refractivity (Wildman–Crippen MR) is 60.1 cm³/mol. The lowest BCUT2D eigenvalue weighted by Gasteiger charge is -2.34. The summed E-state index contributed by atoms with van der Waals surface area (Å²) in [4.78, 5) is 0. The zero-order chi connectivity index (χ0) is 10.7. The van der Waals surface area contributed by atoms with Crippen LogP contribution < -0.4 is 0 Å². The molecule has 2 rings (SSSR count). The van der Waals surface area contributed by atoms with E-state index in [1.807, 2.05) is 4.31 Å². The lowest BCUT2D eigenvalue weighted by atomic mass is 10.0. The van der Waals surface area contributed by atoms with Crippen molar-refractivity contribution in [3.63, 3.8) is 0 Å². The number of hydrogen-bond donors (Lipinski definition) is 1. The number of hydrogen-bond acceptors (Lipinski definition) is 3. The molecule has 1 aliphatic heterocycles. The molecule has 0 aromatic carbocycles. The Morgan fingerprint density at radius 1 is 1.13 bits per heavy atom. The van der Waals surface area contributed by atoms with Gasteiger partial charge in [-0.25, -0.2) is 13.3 Å². The van der Waals surface area contributed by atoms with Crippen LogP contribution in [0.1, 0.15) is 32.1 Å². The Kier molecular flexibility index (Phi) is 3.64. The molecule has 0 spiro atoms. The van der Waals surface area contributed by atoms with Gasteiger partial charge in [0.15, 0.2) is 0 Å². The van der Waals surface area contributed by atoms with E-state index in [9.17, 15) is 4.21 Å². The van der Waals surface area contributed by atoms with E-state index in [0.29, 0.717) is 26.3 Å². The van der Waals surface area contributed by atoms with E-state index < -0.39 is 9.92 Å². The molecule has 2 fully saturated rings. The molecule has 0 aromatic rings. The molecule has 1 atom stereocenters. The molecule has 2 aliphatic rings. The quantitative estimate of drug-likeness (QED) is 0.786. The minimum absolute atomic E-state index is 0.101. The molecule has 1 N–H and O–H groups in total. The number of morpholine rings is 1. The molecule has 15 heavy (non-hydrogen) atoms. The van der Waals surface area contributed by atoms with Gasteiger partial charge in [-0.05, 0) is 12.8 Å². The summed E-state index contributed by atoms with van der Waals surface area (Å²) in [6.45, 7) is 2.59. The van der Waals surface area contributed by atoms with Crippen molar-refractivity contribution in [1.82, 2.24) is 4.31 Å². The van der Waals surface area contributed by atoms with E-state index >= 15 is 0 Å². The van der Waals surface area contributed by atoms with Crippen LogP contribution in [0.5, 0.6) is 0 Å². The molecule has 0 bridgehead atoms. The Bertz CT molecular complexity index is 267. The molecule has 1 saturated carbocycles. The second-order valence-corrected chi connectivity index (χ2v) is 6.69. The van der Waals surface area contributed by atoms with Crippen LogP contribution in [0.3, 0.4) is 0 Å². The summed E-state index contributed by atoms with van der Waals surface area (Å²) in [5, 5.41) is 0.101. The van der Waals surface area contributed by atoms with Crippen LogP contribution in [0, 0.1) is 4.78 Å². The van der Waals surface area contributed by atoms with E-state index in [2.05, 4.69) is 0 Å². The van der Waals surface area contributed by atoms with E-state index in [1.54, 1.807) is 0 Å². The second kappa shape index (κ2) is 4.80. The van der Waals surface area contributed by atoms with Gasteiger partial charge in [-0.2, -0.15) is 0 Å². The van der Waals surface area contributed by atoms with Crippen LogP contribution in [0.15, 0.2) is 0 Å². The summed E-state index contributed by atoms with van der Waals surface area (Å²) in [6.07, 6.45) is 5.48. The van der Waals surface area contributed by atoms with E-state index in [0.717, 1.165) is 25.7 Å². The van der Waals surface area contributed by atoms with Gasteiger partial charge >= 0.3 is 0 Å². The van der Waals surface area contributed by atoms with Gasteiger partial charge in [-0.1, -0.05) is 19.3 Å². The van der Waals surface area contributed by atoms with Crippen molar-refractivity contribution in [2.45, 2.75) is 37.4 Å². The molecular weight excluding hydrogens is 212 g/mol. The zero-order valence-electron chi connectivity index (χ0n) is 9.11. The topological polar surface area (TPSA) is 53.4 Å². The molecule has 1 saturated heterocycles. The number of rotatable bonds is 2. The molecule has 88 valence electrons. The van der Waals surface area contributed by atoms with Crippen LogP contribution >= 0.6 is 0 Å². The van der Waals surface area contributed by atoms with Crippen LogP contribution in [0.25, 0.3) is 0 Å². The third-order valence-corrected chi connectivity index (χ3v) is 5.87. The molecule has 5 heteroatoms. The van der Waals surface area contributed by atoms with Crippen molar-refractivity contribution in [2.24, 2.45) is 0 Å². The monoisotopic (exact) mass is 232 g/mol. The minimum atomic E-state index is -2.53. The van der Waals surface area contributed by atoms with Gasteiger partial charge in [0.1, 0.15) is 9.92 Å². The maximum atomic E-state index is 12.4. The van der Waals surface area contributed by atoms with Crippen LogP contribution in [-0.4, -0.2) is 40.1 Å². The molecule has 4 nitrogen and oxygen atoms in total. The second-order valence-electron chi connectivity index (χ2n) is 4.37. The highest BCUT2D eigenvalue weighted by molar-refractivity contribution is 7.90. The van der Waals surface area contributed by atoms with Crippen molar-refractivity contribution in [2.75, 3.05) is 26.3 Å². The summed E-state index contributed by atoms with van der Waals surface area (Å²) in [5.74, 6) is 0. The Hall–Kier alpha value is -0.130. The van der Waals surface area contributed by atoms with Gasteiger partial charge < -0.3 is 4.74 Å². The van der Waals surface area contributed by atoms with Crippen molar-refractivity contribution < 1.29 is 8.95 Å². The van der Waals surface area contributed by atoms with E-state index in [4.69, 9.17) is 9.52 Å². The third-order valence-electron chi connectivity index (χ3n) is 3.36. The standard InChI is InChI=1S/C10H20N2O2S/c11-15(13,10-4-2-1-3-5-10)12-6-8-14-9-7-12/h10-11H,1-9H2. The fourth-order valence-electron chi connectivity index (χ4n) is 2.41. The number of ether oxygens (including phenoxy) is 1. The largest absolute Gasteiger partial charge is 0.379 e. The average Bonchev–Trinajstić information content (AvgIpc) is 2.31. The summed E-state index contributed by atoms with van der Waals surface area (Å²) in [5.41, 5.74) is 0. The third kappa shape index (κ3) is 2.52. The van der Waals surface area contributed by atoms with E-state index in [1.165, 1.54) is 6.42 Å². The summed E-state index contributed by atoms with van der Waals surface area (Å²) >= 11 is 0. The predicted octanol–water partition coefficient (Wildman–Crippen LogP) is 1.61. The number of nitrogens with one attached hydrogen (secondary N) is 1. The normalized spacial score (nSPS) is 29.9. The minimum Gasteiger partial charge on any atom is -0.379 e. The molecular formula is C10H20N2O2S. The lowest BCUT2D eigenvalue weighted by Crippen LogP contribution is -2.45. The Labute approximate surface area is 92.1 Å². The first-order valence-corrected chi connectivity index (χ1v) is 7.39. The van der Waals surface area contributed by atoms with Gasteiger partial charge in [-0.15, -0.1) is 0 Å². The van der Waals surface area contributed by atoms with Crippen molar-refractivity contribution >= 4 is 9.92 Å². The highest BCUT2D eigenvalue weighted by Gasteiger charge is 2.30. The smallest absolute Gasteiger partial charge is 0.110 e. The summed E-state index contributed by atoms with van der Waals surface area (Å²) in [6, 6.07) is 0. The molecule has 0 amide bonds. The van der Waals surface area contributed by atoms with Crippen LogP contribution in [0.2, 0.25) is 0 Å². The Balaban J connectivity index is 2.03. The first-order chi connectivity index (χ1) is 7.21. The van der Waals surface area contributed by atoms with Gasteiger partial charge in [0.25, 0.3) is 0 Å². The van der Waals surface area contributed by atoms with Crippen molar-refractivity contribution in [3.8, 4) is 0 Å². The Morgan fingerprint density at radius 3 is 2.33 bits per heavy atom. The maximum absolute atomic E-state index is 12.4. The fraction of sp³-hybridized carbons (Fsp3) is 1.00. The van der Waals surface area contributed by atoms with Crippen LogP contribution in [0.4, 0.5) is 0 Å². The van der Waals surface area contributed by atoms with Gasteiger partial charge in [-0.3, -0.25) is 0 Å². The lowest BCUT2D eigenvalue weighted by molar-refractivity contribution is 0.0738. The van der Waals surface area contributed by atoms with Gasteiger partial charge in [0.05, 0.1) is 18.5 Å². The highest BCUT2D eigenvalue weighted by Crippen LogP contribution is 2.26. The summed E-state index contributed by atoms with van der Waals surface area (Å²) in [7, 11) is -2.53. The Morgan fingerprint density at radius 2 is 1.73 bits per heavy atom. The van der Waals surface area contributed by atoms with Crippen LogP contribution in [-0.2, 0) is 14.7 Å². The van der Waals surface area contributed by atoms with Gasteiger partial charge in [0.2, 0.25) is 0 Å². The fourth-order valence-corrected chi connectivity index (χ4v) is 4.50. The molecule has 0 radical (unpaired) electrons. The SMILES string of the molecule is N=S(=O)(C1CCCCC1)N1CCOCC1. The first kappa shape index (κ1) is 11.4. The molecule has 1 aliphatic carbocycles. The van der Waals surface area contributed by atoms with Crippen molar-refractivity contribution in [1.29, 1.82) is 4.78 Å². The maximum Gasteiger partial charge on any atom is 0.110 e. The average molecular weight is 232 g/mol. The zero-order valence-corrected chi connectivity index (χ0v) is 9.93. The molecule has 1 unspecified atom stereocenters.